The van der Waals surface area contributed by atoms with Crippen molar-refractivity contribution in [2.75, 3.05) is 0 Å². The van der Waals surface area contributed by atoms with Crippen molar-refractivity contribution in [3.05, 3.63) is 0 Å². The average molecular weight is 418 g/mol. The molecule has 0 rings (SSSR count). The molecule has 0 saturated heterocycles. The molecule has 1 unspecified atom stereocenters. The predicted octanol–water partition coefficient (Wildman–Crippen LogP) is 3.50. The molecule has 2 N–H and O–H groups in total. The van der Waals surface area contributed by atoms with Crippen LogP contribution in [0.15, 0.2) is 0 Å². The first kappa shape index (κ1) is 25.7. The van der Waals surface area contributed by atoms with E-state index in [-0.39, 0.29) is 6.10 Å². The van der Waals surface area contributed by atoms with Crippen molar-refractivity contribution in [3.63, 3.8) is 0 Å². The second-order valence-corrected chi connectivity index (χ2v) is 14.0. The van der Waals surface area contributed by atoms with E-state index in [4.69, 9.17) is 19.6 Å². The number of rotatable bonds is 8. The average Bonchev–Trinajstić information content (AvgIpc) is 2.17. The van der Waals surface area contributed by atoms with Crippen molar-refractivity contribution in [1.82, 2.24) is 0 Å². The van der Waals surface area contributed by atoms with Crippen LogP contribution in [0.4, 0.5) is 0 Å². The summed E-state index contributed by atoms with van der Waals surface area (Å²) in [6.45, 7) is 20.1. The maximum atomic E-state index is 10.4. The molecule has 0 aliphatic heterocycles. The summed E-state index contributed by atoms with van der Waals surface area (Å²) in [6.07, 6.45) is 0.257. The van der Waals surface area contributed by atoms with Crippen LogP contribution in [0.25, 0.3) is 0 Å². The van der Waals surface area contributed by atoms with Crippen molar-refractivity contribution in [1.29, 1.82) is 0 Å². The van der Waals surface area contributed by atoms with Crippen molar-refractivity contribution in [3.8, 4) is 0 Å². The third kappa shape index (κ3) is 12.6. The van der Waals surface area contributed by atoms with Gasteiger partial charge in [-0.3, -0.25) is 0 Å². The molecular weight excluding hydrogens is 380 g/mol. The van der Waals surface area contributed by atoms with Crippen LogP contribution < -0.4 is 0 Å². The van der Waals surface area contributed by atoms with E-state index in [1.165, 1.54) is 0 Å². The molecule has 9 heteroatoms. The summed E-state index contributed by atoms with van der Waals surface area (Å²) in [7, 11) is -3.96. The van der Waals surface area contributed by atoms with Gasteiger partial charge in [-0.05, 0) is 0 Å². The molecule has 0 heterocycles. The van der Waals surface area contributed by atoms with Crippen molar-refractivity contribution in [2.45, 2.75) is 105 Å². The summed E-state index contributed by atoms with van der Waals surface area (Å²) in [6, 6.07) is 0. The van der Waals surface area contributed by atoms with Crippen LogP contribution in [0.3, 0.4) is 0 Å². The number of hydrogen-bond acceptors (Lipinski definition) is 7. The summed E-state index contributed by atoms with van der Waals surface area (Å²) in [5.74, 6) is 0. The van der Waals surface area contributed by atoms with Crippen LogP contribution in [0.5, 0.6) is 0 Å². The standard InChI is InChI=1S/C12H27O4Si.C4H9O.2H2O.Ti/c1-10(2,3)14-17(13,15-11(4,5)6)16-12(7,8)9;1-3-4(2)5;;;/h1-9H3;4H,3H2,1-2H3;2*1H2;/q2*-1;;;+4/p-2. The van der Waals surface area contributed by atoms with Crippen molar-refractivity contribution < 1.29 is 45.1 Å². The Morgan fingerprint density at radius 3 is 1.36 bits per heavy atom. The molecule has 25 heavy (non-hydrogen) atoms. The molecule has 0 saturated carbocycles. The second kappa shape index (κ2) is 8.77. The van der Waals surface area contributed by atoms with E-state index in [1.807, 2.05) is 69.2 Å². The van der Waals surface area contributed by atoms with Gasteiger partial charge in [0.05, 0.1) is 0 Å². The molecule has 152 valence electrons. The van der Waals surface area contributed by atoms with E-state index in [9.17, 15) is 7.38 Å². The van der Waals surface area contributed by atoms with Crippen molar-refractivity contribution >= 4 is 9.05 Å². The van der Waals surface area contributed by atoms with Gasteiger partial charge in [-0.1, -0.05) is 0 Å². The predicted molar refractivity (Wildman–Crippen MR) is 94.6 cm³/mol. The van der Waals surface area contributed by atoms with Crippen LogP contribution in [0, 0.1) is 0 Å². The zero-order valence-electron chi connectivity index (χ0n) is 17.7. The Hall–Kier alpha value is 0.651. The van der Waals surface area contributed by atoms with Gasteiger partial charge in [-0.25, -0.2) is 0 Å². The molecule has 0 aromatic heterocycles. The van der Waals surface area contributed by atoms with Crippen LogP contribution in [-0.4, -0.2) is 39.3 Å². The second-order valence-electron chi connectivity index (χ2n) is 9.13. The molecule has 0 aliphatic rings. The Morgan fingerprint density at radius 2 is 1.12 bits per heavy atom. The Kier molecular flexibility index (Phi) is 9.00. The van der Waals surface area contributed by atoms with Gasteiger partial charge in [0, 0.05) is 0 Å². The first-order valence-corrected chi connectivity index (χ1v) is 13.0. The fraction of sp³-hybridized carbons (Fsp3) is 1.00. The third-order valence-corrected chi connectivity index (χ3v) is 9.11. The summed E-state index contributed by atoms with van der Waals surface area (Å²) < 4.78 is 50.0. The molecule has 0 aliphatic carbocycles. The van der Waals surface area contributed by atoms with Crippen LogP contribution in [-0.2, 0) is 37.7 Å². The van der Waals surface area contributed by atoms with Crippen LogP contribution in [0.1, 0.15) is 82.6 Å². The Labute approximate surface area is 159 Å². The van der Waals surface area contributed by atoms with E-state index in [2.05, 4.69) is 0 Å². The zero-order valence-corrected chi connectivity index (χ0v) is 20.3. The van der Waals surface area contributed by atoms with Gasteiger partial charge in [0.15, 0.2) is 0 Å². The van der Waals surface area contributed by atoms with E-state index in [0.717, 1.165) is 0 Å². The molecule has 0 radical (unpaired) electrons. The third-order valence-electron chi connectivity index (χ3n) is 2.48. The number of hydrogen-bond donors (Lipinski definition) is 2. The summed E-state index contributed by atoms with van der Waals surface area (Å²) in [5, 5.41) is 0. The zero-order chi connectivity index (χ0) is 20.3. The quantitative estimate of drug-likeness (QED) is 0.584. The normalized spacial score (nSPS) is 16.2. The topological polar surface area (TPSA) is 86.6 Å². The van der Waals surface area contributed by atoms with Gasteiger partial charge < -0.3 is 0 Å². The minimum absolute atomic E-state index is 0.361. The summed E-state index contributed by atoms with van der Waals surface area (Å²) >= 11 is -5.11. The van der Waals surface area contributed by atoms with Gasteiger partial charge in [-0.15, -0.1) is 0 Å². The minimum atomic E-state index is -5.11. The maximum absolute atomic E-state index is 10.4. The van der Waals surface area contributed by atoms with Crippen molar-refractivity contribution in [2.24, 2.45) is 0 Å². The molecule has 0 aromatic rings. The van der Waals surface area contributed by atoms with Gasteiger partial charge in [0.25, 0.3) is 0 Å². The molecule has 7 nitrogen and oxygen atoms in total. The summed E-state index contributed by atoms with van der Waals surface area (Å²) in [5.41, 5.74) is -2.05. The van der Waals surface area contributed by atoms with E-state index in [1.54, 1.807) is 6.92 Å². The fourth-order valence-corrected chi connectivity index (χ4v) is 8.07. The molecule has 0 aromatic carbocycles. The van der Waals surface area contributed by atoms with Gasteiger partial charge in [-0.2, -0.15) is 0 Å². The van der Waals surface area contributed by atoms with E-state index < -0.39 is 44.0 Å². The molecule has 0 spiro atoms. The van der Waals surface area contributed by atoms with E-state index in [0.29, 0.717) is 6.42 Å². The van der Waals surface area contributed by atoms with Gasteiger partial charge in [0.2, 0.25) is 0 Å². The molecule has 0 bridgehead atoms. The molecule has 0 fully saturated rings. The molecule has 0 amide bonds. The van der Waals surface area contributed by atoms with E-state index >= 15 is 0 Å². The van der Waals surface area contributed by atoms with Gasteiger partial charge in [0.1, 0.15) is 0 Å². The first-order chi connectivity index (χ1) is 10.8. The Bertz CT molecular complexity index is 369. The summed E-state index contributed by atoms with van der Waals surface area (Å²) in [4.78, 5) is 0. The van der Waals surface area contributed by atoms with Gasteiger partial charge >= 0.3 is 160 Å². The van der Waals surface area contributed by atoms with Crippen LogP contribution in [0.2, 0.25) is 0 Å². The Morgan fingerprint density at radius 1 is 0.800 bits per heavy atom. The monoisotopic (exact) mass is 418 g/mol. The molecule has 1 atom stereocenters. The van der Waals surface area contributed by atoms with Crippen LogP contribution >= 0.6 is 0 Å². The molecular formula is C16H38O7SiTi. The fourth-order valence-electron chi connectivity index (χ4n) is 1.78. The Balaban J connectivity index is 5.87. The SMILES string of the molecule is CCC(C)[O][Ti]([OH])([OH])[O][Si](OC(C)(C)C)(OC(C)(C)C)OC(C)(C)C. The first-order valence-electron chi connectivity index (χ1n) is 8.71.